The van der Waals surface area contributed by atoms with Gasteiger partial charge in [-0.25, -0.2) is 0 Å². The third-order valence-electron chi connectivity index (χ3n) is 2.90. The normalized spacial score (nSPS) is 12.2. The fraction of sp³-hybridized carbons (Fsp3) is 0.333. The second-order valence-corrected chi connectivity index (χ2v) is 4.83. The smallest absolute Gasteiger partial charge is 0.266 e. The van der Waals surface area contributed by atoms with Crippen molar-refractivity contribution in [1.82, 2.24) is 5.16 Å². The third kappa shape index (κ3) is 3.38. The number of nitrogens with zero attached hydrogens (tertiary/aromatic N) is 1. The van der Waals surface area contributed by atoms with E-state index in [4.69, 9.17) is 4.74 Å². The monoisotopic (exact) mass is 274 g/mol. The summed E-state index contributed by atoms with van der Waals surface area (Å²) >= 11 is 0. The summed E-state index contributed by atoms with van der Waals surface area (Å²) < 4.78 is 10.4. The zero-order valence-electron chi connectivity index (χ0n) is 11.8. The summed E-state index contributed by atoms with van der Waals surface area (Å²) in [5.41, 5.74) is 1.08. The quantitative estimate of drug-likeness (QED) is 0.909. The molecule has 1 aromatic heterocycles. The Labute approximate surface area is 117 Å². The summed E-state index contributed by atoms with van der Waals surface area (Å²) in [7, 11) is 0. The minimum Gasteiger partial charge on any atom is -0.481 e. The van der Waals surface area contributed by atoms with Crippen LogP contribution in [-0.4, -0.2) is 17.2 Å². The molecule has 0 spiro atoms. The van der Waals surface area contributed by atoms with E-state index in [1.807, 2.05) is 24.3 Å². The lowest BCUT2D eigenvalue weighted by atomic mass is 10.0. The van der Waals surface area contributed by atoms with Crippen molar-refractivity contribution in [2.75, 3.05) is 5.32 Å². The Bertz CT molecular complexity index is 564. The molecule has 0 saturated carbocycles. The summed E-state index contributed by atoms with van der Waals surface area (Å²) in [5, 5.41) is 6.25. The highest BCUT2D eigenvalue weighted by atomic mass is 16.5. The Morgan fingerprint density at radius 3 is 2.65 bits per heavy atom. The zero-order valence-corrected chi connectivity index (χ0v) is 11.8. The predicted molar refractivity (Wildman–Crippen MR) is 75.8 cm³/mol. The maximum atomic E-state index is 12.0. The van der Waals surface area contributed by atoms with Gasteiger partial charge in [-0.3, -0.25) is 4.79 Å². The standard InChI is InChI=1S/C15H18N2O3/c1-10(2)12-6-4-5-7-13(12)20-11(3)15(18)16-14-8-9-19-17-14/h4-11H,1-3H3,(H,16,17,18)/t11-/m0/s1. The van der Waals surface area contributed by atoms with Gasteiger partial charge >= 0.3 is 0 Å². The van der Waals surface area contributed by atoms with Crippen LogP contribution in [0.4, 0.5) is 5.82 Å². The van der Waals surface area contributed by atoms with Crippen molar-refractivity contribution in [1.29, 1.82) is 0 Å². The molecule has 2 rings (SSSR count). The number of aromatic nitrogens is 1. The number of carbonyl (C=O) groups excluding carboxylic acids is 1. The number of nitrogens with one attached hydrogen (secondary N) is 1. The van der Waals surface area contributed by atoms with Crippen LogP contribution in [0.15, 0.2) is 41.1 Å². The van der Waals surface area contributed by atoms with Crippen molar-refractivity contribution in [2.24, 2.45) is 0 Å². The van der Waals surface area contributed by atoms with Crippen molar-refractivity contribution in [3.05, 3.63) is 42.2 Å². The van der Waals surface area contributed by atoms with E-state index >= 15 is 0 Å². The zero-order chi connectivity index (χ0) is 14.5. The first-order valence-corrected chi connectivity index (χ1v) is 6.54. The summed E-state index contributed by atoms with van der Waals surface area (Å²) in [6.07, 6.45) is 0.779. The number of anilines is 1. The lowest BCUT2D eigenvalue weighted by Crippen LogP contribution is -2.30. The van der Waals surface area contributed by atoms with Gasteiger partial charge in [0.25, 0.3) is 5.91 Å². The molecule has 0 fully saturated rings. The average Bonchev–Trinajstić information content (AvgIpc) is 2.91. The molecule has 1 atom stereocenters. The SMILES string of the molecule is CC(C)c1ccccc1O[C@@H](C)C(=O)Nc1ccon1. The number of para-hydroxylation sites is 1. The summed E-state index contributed by atoms with van der Waals surface area (Å²) in [5.74, 6) is 1.17. The second kappa shape index (κ2) is 6.23. The van der Waals surface area contributed by atoms with Gasteiger partial charge in [-0.1, -0.05) is 37.2 Å². The van der Waals surface area contributed by atoms with Crippen molar-refractivity contribution in [2.45, 2.75) is 32.8 Å². The number of amides is 1. The van der Waals surface area contributed by atoms with Crippen molar-refractivity contribution in [3.8, 4) is 5.75 Å². The molecule has 5 heteroatoms. The van der Waals surface area contributed by atoms with Gasteiger partial charge in [-0.2, -0.15) is 0 Å². The molecule has 106 valence electrons. The summed E-state index contributed by atoms with van der Waals surface area (Å²) in [4.78, 5) is 12.0. The molecular formula is C15H18N2O3. The van der Waals surface area contributed by atoms with Crippen LogP contribution >= 0.6 is 0 Å². The average molecular weight is 274 g/mol. The lowest BCUT2D eigenvalue weighted by molar-refractivity contribution is -0.122. The van der Waals surface area contributed by atoms with E-state index in [0.29, 0.717) is 11.7 Å². The molecule has 2 aromatic rings. The number of benzene rings is 1. The lowest BCUT2D eigenvalue weighted by Gasteiger charge is -2.18. The summed E-state index contributed by atoms with van der Waals surface area (Å²) in [6, 6.07) is 9.30. The number of carbonyl (C=O) groups is 1. The van der Waals surface area contributed by atoms with Crippen LogP contribution in [0.2, 0.25) is 0 Å². The van der Waals surface area contributed by atoms with Gasteiger partial charge in [0.15, 0.2) is 11.9 Å². The highest BCUT2D eigenvalue weighted by molar-refractivity contribution is 5.93. The minimum atomic E-state index is -0.619. The van der Waals surface area contributed by atoms with Crippen LogP contribution in [0.3, 0.4) is 0 Å². The van der Waals surface area contributed by atoms with Gasteiger partial charge < -0.3 is 14.6 Å². The molecule has 1 heterocycles. The molecule has 1 N–H and O–H groups in total. The Balaban J connectivity index is 2.04. The molecule has 0 radical (unpaired) electrons. The fourth-order valence-electron chi connectivity index (χ4n) is 1.81. The maximum Gasteiger partial charge on any atom is 0.266 e. The molecule has 0 unspecified atom stereocenters. The first kappa shape index (κ1) is 14.1. The predicted octanol–water partition coefficient (Wildman–Crippen LogP) is 3.20. The minimum absolute atomic E-state index is 0.266. The maximum absolute atomic E-state index is 12.0. The van der Waals surface area contributed by atoms with E-state index in [1.165, 1.54) is 6.26 Å². The van der Waals surface area contributed by atoms with Crippen LogP contribution in [0.1, 0.15) is 32.3 Å². The number of hydrogen-bond donors (Lipinski definition) is 1. The van der Waals surface area contributed by atoms with Crippen LogP contribution in [0.25, 0.3) is 0 Å². The van der Waals surface area contributed by atoms with Crippen molar-refractivity contribution >= 4 is 11.7 Å². The van der Waals surface area contributed by atoms with Crippen LogP contribution in [0, 0.1) is 0 Å². The molecule has 0 aliphatic heterocycles. The molecule has 20 heavy (non-hydrogen) atoms. The van der Waals surface area contributed by atoms with Gasteiger partial charge in [0.1, 0.15) is 12.0 Å². The van der Waals surface area contributed by atoms with E-state index in [-0.39, 0.29) is 5.91 Å². The van der Waals surface area contributed by atoms with E-state index in [0.717, 1.165) is 11.3 Å². The van der Waals surface area contributed by atoms with Gasteiger partial charge in [0, 0.05) is 6.07 Å². The molecule has 5 nitrogen and oxygen atoms in total. The first-order valence-electron chi connectivity index (χ1n) is 6.54. The molecule has 0 aliphatic rings. The Morgan fingerprint density at radius 2 is 2.00 bits per heavy atom. The van der Waals surface area contributed by atoms with E-state index < -0.39 is 6.10 Å². The Morgan fingerprint density at radius 1 is 1.25 bits per heavy atom. The third-order valence-corrected chi connectivity index (χ3v) is 2.90. The van der Waals surface area contributed by atoms with E-state index in [2.05, 4.69) is 28.8 Å². The second-order valence-electron chi connectivity index (χ2n) is 4.83. The molecular weight excluding hydrogens is 256 g/mol. The Kier molecular flexibility index (Phi) is 4.40. The molecule has 0 aliphatic carbocycles. The van der Waals surface area contributed by atoms with Gasteiger partial charge in [0.2, 0.25) is 0 Å². The van der Waals surface area contributed by atoms with Crippen LogP contribution in [0.5, 0.6) is 5.75 Å². The topological polar surface area (TPSA) is 64.4 Å². The number of rotatable bonds is 5. The summed E-state index contributed by atoms with van der Waals surface area (Å²) in [6.45, 7) is 5.87. The van der Waals surface area contributed by atoms with Crippen molar-refractivity contribution < 1.29 is 14.1 Å². The van der Waals surface area contributed by atoms with Gasteiger partial charge in [-0.05, 0) is 24.5 Å². The Hall–Kier alpha value is -2.30. The van der Waals surface area contributed by atoms with E-state index in [9.17, 15) is 4.79 Å². The van der Waals surface area contributed by atoms with Crippen LogP contribution < -0.4 is 10.1 Å². The number of hydrogen-bond acceptors (Lipinski definition) is 4. The van der Waals surface area contributed by atoms with Gasteiger partial charge in [0.05, 0.1) is 0 Å². The largest absolute Gasteiger partial charge is 0.481 e. The first-order chi connectivity index (χ1) is 9.58. The molecule has 0 bridgehead atoms. The van der Waals surface area contributed by atoms with Crippen LogP contribution in [-0.2, 0) is 4.79 Å². The number of ether oxygens (including phenoxy) is 1. The van der Waals surface area contributed by atoms with Gasteiger partial charge in [-0.15, -0.1) is 0 Å². The molecule has 1 aromatic carbocycles. The highest BCUT2D eigenvalue weighted by Gasteiger charge is 2.18. The molecule has 0 saturated heterocycles. The highest BCUT2D eigenvalue weighted by Crippen LogP contribution is 2.26. The van der Waals surface area contributed by atoms with Crippen molar-refractivity contribution in [3.63, 3.8) is 0 Å². The van der Waals surface area contributed by atoms with E-state index in [1.54, 1.807) is 13.0 Å². The fourth-order valence-corrected chi connectivity index (χ4v) is 1.81. The molecule has 1 amide bonds.